The van der Waals surface area contributed by atoms with Crippen molar-refractivity contribution in [1.82, 2.24) is 14.9 Å². The molecule has 1 aliphatic heterocycles. The van der Waals surface area contributed by atoms with Crippen LogP contribution in [0.3, 0.4) is 0 Å². The maximum Gasteiger partial charge on any atom is 0.254 e. The molecule has 1 aromatic heterocycles. The third kappa shape index (κ3) is 3.09. The van der Waals surface area contributed by atoms with Gasteiger partial charge in [0.05, 0.1) is 38.2 Å². The number of aromatic nitrogens is 2. The van der Waals surface area contributed by atoms with E-state index in [1.54, 1.807) is 4.90 Å². The van der Waals surface area contributed by atoms with E-state index >= 15 is 0 Å². The van der Waals surface area contributed by atoms with E-state index in [1.165, 1.54) is 12.5 Å². The third-order valence-corrected chi connectivity index (χ3v) is 5.33. The zero-order chi connectivity index (χ0) is 17.2. The number of hydrogen-bond acceptors (Lipinski definition) is 6. The van der Waals surface area contributed by atoms with Gasteiger partial charge in [-0.25, -0.2) is 4.98 Å². The Morgan fingerprint density at radius 3 is 2.83 bits per heavy atom. The molecule has 132 valence electrons. The molecule has 1 amide bonds. The van der Waals surface area contributed by atoms with Crippen LogP contribution in [0, 0.1) is 5.41 Å². The largest absolute Gasteiger partial charge is 0.394 e. The van der Waals surface area contributed by atoms with Crippen LogP contribution in [-0.2, 0) is 16.0 Å². The minimum Gasteiger partial charge on any atom is -0.394 e. The summed E-state index contributed by atoms with van der Waals surface area (Å²) in [5, 5.41) is 19.1. The highest BCUT2D eigenvalue weighted by molar-refractivity contribution is 5.78. The van der Waals surface area contributed by atoms with E-state index in [2.05, 4.69) is 9.97 Å². The van der Waals surface area contributed by atoms with E-state index in [1.807, 2.05) is 0 Å². The number of nitrogens with zero attached hydrogens (tertiary/aromatic N) is 2. The SMILES string of the molecule is O=C(Cc1cnc[nH]c1=O)N1CCC2(CC1)[C@H](O)C[C@@H]2OCCO. The van der Waals surface area contributed by atoms with Crippen molar-refractivity contribution in [3.8, 4) is 0 Å². The van der Waals surface area contributed by atoms with Crippen LogP contribution in [0.4, 0.5) is 0 Å². The molecule has 0 unspecified atom stereocenters. The van der Waals surface area contributed by atoms with Crippen LogP contribution in [-0.4, -0.2) is 69.5 Å². The number of ether oxygens (including phenoxy) is 1. The summed E-state index contributed by atoms with van der Waals surface area (Å²) in [5.74, 6) is -0.106. The second kappa shape index (κ2) is 7.00. The number of aromatic amines is 1. The highest BCUT2D eigenvalue weighted by Crippen LogP contribution is 2.50. The Kier molecular flexibility index (Phi) is 4.98. The highest BCUT2D eigenvalue weighted by Gasteiger charge is 2.56. The number of amides is 1. The lowest BCUT2D eigenvalue weighted by atomic mass is 9.58. The molecule has 2 fully saturated rings. The predicted molar refractivity (Wildman–Crippen MR) is 84.3 cm³/mol. The van der Waals surface area contributed by atoms with Crippen molar-refractivity contribution >= 4 is 5.91 Å². The number of carbonyl (C=O) groups is 1. The summed E-state index contributed by atoms with van der Waals surface area (Å²) in [4.78, 5) is 32.1. The smallest absolute Gasteiger partial charge is 0.254 e. The van der Waals surface area contributed by atoms with Crippen LogP contribution in [0.1, 0.15) is 24.8 Å². The zero-order valence-corrected chi connectivity index (χ0v) is 13.5. The summed E-state index contributed by atoms with van der Waals surface area (Å²) in [6, 6.07) is 0. The van der Waals surface area contributed by atoms with Gasteiger partial charge in [0.1, 0.15) is 0 Å². The Balaban J connectivity index is 1.57. The van der Waals surface area contributed by atoms with Gasteiger partial charge in [-0.3, -0.25) is 9.59 Å². The summed E-state index contributed by atoms with van der Waals surface area (Å²) in [5.41, 5.74) is -0.244. The number of aliphatic hydroxyl groups excluding tert-OH is 2. The maximum atomic E-state index is 12.4. The number of likely N-dealkylation sites (tertiary alicyclic amines) is 1. The first-order chi connectivity index (χ1) is 11.6. The molecule has 3 N–H and O–H groups in total. The minimum atomic E-state index is -0.417. The van der Waals surface area contributed by atoms with E-state index in [0.29, 0.717) is 37.9 Å². The molecule has 2 atom stereocenters. The Morgan fingerprint density at radius 1 is 1.46 bits per heavy atom. The molecule has 1 spiro atoms. The molecule has 3 rings (SSSR count). The van der Waals surface area contributed by atoms with Gasteiger partial charge in [-0.2, -0.15) is 0 Å². The summed E-state index contributed by atoms with van der Waals surface area (Å²) in [6.45, 7) is 1.30. The molecule has 2 aliphatic rings. The van der Waals surface area contributed by atoms with Gasteiger partial charge >= 0.3 is 0 Å². The van der Waals surface area contributed by atoms with Crippen molar-refractivity contribution in [2.75, 3.05) is 26.3 Å². The van der Waals surface area contributed by atoms with Crippen LogP contribution in [0.2, 0.25) is 0 Å². The van der Waals surface area contributed by atoms with Crippen LogP contribution >= 0.6 is 0 Å². The van der Waals surface area contributed by atoms with Gasteiger partial charge in [-0.05, 0) is 12.8 Å². The van der Waals surface area contributed by atoms with Crippen molar-refractivity contribution in [3.63, 3.8) is 0 Å². The number of aliphatic hydroxyl groups is 2. The number of nitrogens with one attached hydrogen (secondary N) is 1. The third-order valence-electron chi connectivity index (χ3n) is 5.33. The average molecular weight is 337 g/mol. The molecular weight excluding hydrogens is 314 g/mol. The molecule has 2 heterocycles. The Labute approximate surface area is 139 Å². The van der Waals surface area contributed by atoms with Crippen molar-refractivity contribution in [1.29, 1.82) is 0 Å². The van der Waals surface area contributed by atoms with Crippen LogP contribution in [0.25, 0.3) is 0 Å². The number of piperidine rings is 1. The lowest BCUT2D eigenvalue weighted by Gasteiger charge is -2.56. The van der Waals surface area contributed by atoms with Gasteiger partial charge in [0, 0.05) is 36.7 Å². The summed E-state index contributed by atoms with van der Waals surface area (Å²) in [6.07, 6.45) is 4.18. The average Bonchev–Trinajstić information content (AvgIpc) is 2.60. The van der Waals surface area contributed by atoms with Gasteiger partial charge in [-0.15, -0.1) is 0 Å². The Hall–Kier alpha value is -1.77. The molecule has 24 heavy (non-hydrogen) atoms. The Morgan fingerprint density at radius 2 is 2.21 bits per heavy atom. The molecule has 0 radical (unpaired) electrons. The van der Waals surface area contributed by atoms with Crippen molar-refractivity contribution in [2.24, 2.45) is 5.41 Å². The van der Waals surface area contributed by atoms with Crippen molar-refractivity contribution in [2.45, 2.75) is 37.9 Å². The summed E-state index contributed by atoms with van der Waals surface area (Å²) in [7, 11) is 0. The topological polar surface area (TPSA) is 116 Å². The molecule has 0 aromatic carbocycles. The van der Waals surface area contributed by atoms with E-state index in [-0.39, 0.29) is 42.6 Å². The van der Waals surface area contributed by atoms with Gasteiger partial charge < -0.3 is 24.8 Å². The molecule has 1 aromatic rings. The monoisotopic (exact) mass is 337 g/mol. The standard InChI is InChI=1S/C16H23N3O5/c20-5-6-24-13-8-12(21)16(13)1-3-19(4-2-16)14(22)7-11-9-17-10-18-15(11)23/h9-10,12-13,20-21H,1-8H2,(H,17,18,23)/t12-,13+/m1/s1. The molecule has 1 saturated carbocycles. The summed E-state index contributed by atoms with van der Waals surface area (Å²) >= 11 is 0. The summed E-state index contributed by atoms with van der Waals surface area (Å²) < 4.78 is 5.63. The number of H-pyrrole nitrogens is 1. The van der Waals surface area contributed by atoms with Crippen LogP contribution in [0.15, 0.2) is 17.3 Å². The minimum absolute atomic E-state index is 0.0309. The van der Waals surface area contributed by atoms with E-state index < -0.39 is 6.10 Å². The highest BCUT2D eigenvalue weighted by atomic mass is 16.5. The van der Waals surface area contributed by atoms with Gasteiger partial charge in [-0.1, -0.05) is 0 Å². The molecular formula is C16H23N3O5. The first-order valence-electron chi connectivity index (χ1n) is 8.26. The van der Waals surface area contributed by atoms with Crippen molar-refractivity contribution in [3.05, 3.63) is 28.4 Å². The molecule has 1 saturated heterocycles. The Bertz CT molecular complexity index is 639. The molecule has 8 heteroatoms. The van der Waals surface area contributed by atoms with E-state index in [4.69, 9.17) is 9.84 Å². The fourth-order valence-electron chi connectivity index (χ4n) is 3.76. The first kappa shape index (κ1) is 17.1. The second-order valence-electron chi connectivity index (χ2n) is 6.53. The maximum absolute atomic E-state index is 12.4. The first-order valence-corrected chi connectivity index (χ1v) is 8.26. The van der Waals surface area contributed by atoms with Gasteiger partial charge in [0.15, 0.2) is 0 Å². The fraction of sp³-hybridized carbons (Fsp3) is 0.688. The second-order valence-corrected chi connectivity index (χ2v) is 6.53. The number of hydrogen-bond donors (Lipinski definition) is 3. The van der Waals surface area contributed by atoms with Crippen LogP contribution in [0.5, 0.6) is 0 Å². The molecule has 1 aliphatic carbocycles. The van der Waals surface area contributed by atoms with Crippen LogP contribution < -0.4 is 5.56 Å². The van der Waals surface area contributed by atoms with E-state index in [9.17, 15) is 14.7 Å². The number of carbonyl (C=O) groups excluding carboxylic acids is 1. The number of rotatable bonds is 5. The fourth-order valence-corrected chi connectivity index (χ4v) is 3.76. The quantitative estimate of drug-likeness (QED) is 0.639. The predicted octanol–water partition coefficient (Wildman–Crippen LogP) is -0.937. The molecule has 8 nitrogen and oxygen atoms in total. The van der Waals surface area contributed by atoms with Gasteiger partial charge in [0.25, 0.3) is 5.56 Å². The lowest BCUT2D eigenvalue weighted by molar-refractivity contribution is -0.213. The lowest BCUT2D eigenvalue weighted by Crippen LogP contribution is -2.63. The van der Waals surface area contributed by atoms with Gasteiger partial charge in [0.2, 0.25) is 5.91 Å². The van der Waals surface area contributed by atoms with Crippen molar-refractivity contribution < 1.29 is 19.7 Å². The normalized spacial score (nSPS) is 25.5. The zero-order valence-electron chi connectivity index (χ0n) is 13.5. The van der Waals surface area contributed by atoms with E-state index in [0.717, 1.165) is 0 Å². The molecule has 0 bridgehead atoms.